The number of para-hydroxylation sites is 1. The first-order valence-corrected chi connectivity index (χ1v) is 9.99. The number of amides is 2. The van der Waals surface area contributed by atoms with Gasteiger partial charge in [-0.2, -0.15) is 0 Å². The quantitative estimate of drug-likeness (QED) is 0.612. The second kappa shape index (κ2) is 10.5. The van der Waals surface area contributed by atoms with E-state index in [0.29, 0.717) is 15.7 Å². The minimum Gasteiger partial charge on any atom is -0.345 e. The molecule has 0 saturated heterocycles. The van der Waals surface area contributed by atoms with E-state index in [4.69, 9.17) is 23.2 Å². The molecule has 0 spiro atoms. The summed E-state index contributed by atoms with van der Waals surface area (Å²) in [5, 5.41) is 6.43. The average molecular weight is 423 g/mol. The zero-order valence-corrected chi connectivity index (χ0v) is 17.8. The molecule has 0 aliphatic rings. The number of anilines is 1. The average Bonchev–Trinajstić information content (AvgIpc) is 2.64. The maximum atomic E-state index is 12.3. The summed E-state index contributed by atoms with van der Waals surface area (Å²) in [5.74, 6) is -0.378. The van der Waals surface area contributed by atoms with Crippen molar-refractivity contribution in [2.45, 2.75) is 26.3 Å². The van der Waals surface area contributed by atoms with E-state index in [0.717, 1.165) is 16.9 Å². The van der Waals surface area contributed by atoms with Gasteiger partial charge in [-0.15, -0.1) is 0 Å². The van der Waals surface area contributed by atoms with Gasteiger partial charge in [0.15, 0.2) is 13.1 Å². The lowest BCUT2D eigenvalue weighted by molar-refractivity contribution is -0.862. The summed E-state index contributed by atoms with van der Waals surface area (Å²) in [6.45, 7) is 4.35. The van der Waals surface area contributed by atoms with E-state index < -0.39 is 0 Å². The number of hydrogen-bond acceptors (Lipinski definition) is 2. The van der Waals surface area contributed by atoms with Crippen molar-refractivity contribution in [3.63, 3.8) is 0 Å². The lowest BCUT2D eigenvalue weighted by Crippen LogP contribution is -3.11. The maximum absolute atomic E-state index is 12.3. The Labute approximate surface area is 176 Å². The van der Waals surface area contributed by atoms with Crippen molar-refractivity contribution in [2.24, 2.45) is 0 Å². The van der Waals surface area contributed by atoms with Crippen LogP contribution < -0.4 is 15.5 Å². The van der Waals surface area contributed by atoms with Gasteiger partial charge < -0.3 is 15.5 Å². The molecule has 1 unspecified atom stereocenters. The monoisotopic (exact) mass is 422 g/mol. The first kappa shape index (κ1) is 22.2. The number of quaternary nitrogens is 1. The highest BCUT2D eigenvalue weighted by Crippen LogP contribution is 2.29. The Morgan fingerprint density at radius 3 is 2.14 bits per heavy atom. The van der Waals surface area contributed by atoms with Crippen LogP contribution in [0.2, 0.25) is 10.0 Å². The number of carbonyl (C=O) groups excluding carboxylic acids is 2. The molecule has 0 fully saturated rings. The molecule has 2 aromatic rings. The summed E-state index contributed by atoms with van der Waals surface area (Å²) >= 11 is 12.1. The van der Waals surface area contributed by atoms with Crippen LogP contribution in [0.15, 0.2) is 42.5 Å². The molecule has 2 aromatic carbocycles. The Morgan fingerprint density at radius 2 is 1.57 bits per heavy atom. The van der Waals surface area contributed by atoms with Crippen molar-refractivity contribution in [3.8, 4) is 0 Å². The van der Waals surface area contributed by atoms with E-state index in [-0.39, 0.29) is 30.9 Å². The van der Waals surface area contributed by atoms with Crippen LogP contribution in [0, 0.1) is 0 Å². The van der Waals surface area contributed by atoms with E-state index in [1.165, 1.54) is 5.56 Å². The van der Waals surface area contributed by atoms with Crippen molar-refractivity contribution >= 4 is 40.7 Å². The molecule has 0 aliphatic heterocycles. The normalized spacial score (nSPS) is 12.9. The number of benzene rings is 2. The fraction of sp³-hybridized carbons (Fsp3) is 0.333. The SMILES string of the molecule is CCc1ccc([C@@H](C)NC(=O)C[NH+](C)CC(=O)Nc2c(Cl)cccc2Cl)cc1. The number of aryl methyl sites for hydroxylation is 1. The second-order valence-corrected chi connectivity index (χ2v) is 7.65. The molecule has 0 bridgehead atoms. The highest BCUT2D eigenvalue weighted by molar-refractivity contribution is 6.39. The van der Waals surface area contributed by atoms with Gasteiger partial charge in [-0.25, -0.2) is 0 Å². The topological polar surface area (TPSA) is 62.6 Å². The van der Waals surface area contributed by atoms with E-state index in [1.807, 2.05) is 19.1 Å². The lowest BCUT2D eigenvalue weighted by atomic mass is 10.1. The summed E-state index contributed by atoms with van der Waals surface area (Å²) in [6.07, 6.45) is 0.983. The van der Waals surface area contributed by atoms with Crippen LogP contribution in [0.1, 0.15) is 31.0 Å². The summed E-state index contributed by atoms with van der Waals surface area (Å²) in [5.41, 5.74) is 2.70. The summed E-state index contributed by atoms with van der Waals surface area (Å²) in [6, 6.07) is 13.1. The van der Waals surface area contributed by atoms with Crippen LogP contribution in [0.5, 0.6) is 0 Å². The van der Waals surface area contributed by atoms with Gasteiger partial charge in [0.25, 0.3) is 11.8 Å². The Kier molecular flexibility index (Phi) is 8.30. The molecule has 7 heteroatoms. The van der Waals surface area contributed by atoms with Gasteiger partial charge in [0.05, 0.1) is 28.8 Å². The number of hydrogen-bond donors (Lipinski definition) is 3. The molecular formula is C21H26Cl2N3O2+. The number of halogens is 2. The second-order valence-electron chi connectivity index (χ2n) is 6.84. The first-order valence-electron chi connectivity index (χ1n) is 9.23. The number of nitrogens with one attached hydrogen (secondary N) is 3. The molecule has 2 rings (SSSR count). The van der Waals surface area contributed by atoms with E-state index >= 15 is 0 Å². The standard InChI is InChI=1S/C21H25Cl2N3O2/c1-4-15-8-10-16(11-9-15)14(2)24-19(27)12-26(3)13-20(28)25-21-17(22)6-5-7-18(21)23/h5-11,14H,4,12-13H2,1-3H3,(H,24,27)(H,25,28)/p+1/t14-/m1/s1. The van der Waals surface area contributed by atoms with E-state index in [2.05, 4.69) is 29.7 Å². The molecule has 150 valence electrons. The molecule has 0 aromatic heterocycles. The molecule has 0 radical (unpaired) electrons. The van der Waals surface area contributed by atoms with Crippen molar-refractivity contribution in [3.05, 3.63) is 63.6 Å². The Bertz CT molecular complexity index is 805. The van der Waals surface area contributed by atoms with Gasteiger partial charge in [0, 0.05) is 0 Å². The van der Waals surface area contributed by atoms with Crippen LogP contribution in [0.4, 0.5) is 5.69 Å². The zero-order valence-electron chi connectivity index (χ0n) is 16.3. The molecule has 0 aliphatic carbocycles. The van der Waals surface area contributed by atoms with Crippen LogP contribution in [-0.4, -0.2) is 32.0 Å². The van der Waals surface area contributed by atoms with Crippen molar-refractivity contribution in [1.29, 1.82) is 0 Å². The number of rotatable bonds is 8. The Balaban J connectivity index is 1.83. The molecule has 28 heavy (non-hydrogen) atoms. The van der Waals surface area contributed by atoms with E-state index in [9.17, 15) is 9.59 Å². The minimum atomic E-state index is -0.261. The molecule has 2 amide bonds. The molecule has 5 nitrogen and oxygen atoms in total. The summed E-state index contributed by atoms with van der Waals surface area (Å²) in [7, 11) is 1.79. The van der Waals surface area contributed by atoms with Crippen molar-refractivity contribution in [1.82, 2.24) is 5.32 Å². The fourth-order valence-corrected chi connectivity index (χ4v) is 3.32. The smallest absolute Gasteiger partial charge is 0.279 e. The van der Waals surface area contributed by atoms with Gasteiger partial charge in [0.1, 0.15) is 0 Å². The summed E-state index contributed by atoms with van der Waals surface area (Å²) < 4.78 is 0. The van der Waals surface area contributed by atoms with Crippen molar-refractivity contribution in [2.75, 3.05) is 25.5 Å². The number of carbonyl (C=O) groups is 2. The molecule has 3 N–H and O–H groups in total. The van der Waals surface area contributed by atoms with Crippen molar-refractivity contribution < 1.29 is 14.5 Å². The van der Waals surface area contributed by atoms with Gasteiger partial charge in [0.2, 0.25) is 0 Å². The zero-order chi connectivity index (χ0) is 20.7. The third-order valence-corrected chi connectivity index (χ3v) is 5.05. The van der Waals surface area contributed by atoms with Gasteiger partial charge in [-0.1, -0.05) is 60.5 Å². The summed E-state index contributed by atoms with van der Waals surface area (Å²) in [4.78, 5) is 25.3. The minimum absolute atomic E-state index is 0.0954. The van der Waals surface area contributed by atoms with Crippen LogP contribution in [0.3, 0.4) is 0 Å². The molecule has 2 atom stereocenters. The third kappa shape index (κ3) is 6.51. The third-order valence-electron chi connectivity index (χ3n) is 4.42. The van der Waals surface area contributed by atoms with Gasteiger partial charge in [-0.3, -0.25) is 9.59 Å². The predicted octanol–water partition coefficient (Wildman–Crippen LogP) is 2.89. The lowest BCUT2D eigenvalue weighted by Gasteiger charge is -2.18. The first-order chi connectivity index (χ1) is 13.3. The maximum Gasteiger partial charge on any atom is 0.279 e. The van der Waals surface area contributed by atoms with Gasteiger partial charge in [-0.05, 0) is 36.6 Å². The number of likely N-dealkylation sites (N-methyl/N-ethyl adjacent to an activating group) is 1. The fourth-order valence-electron chi connectivity index (χ4n) is 2.83. The molecule has 0 saturated carbocycles. The molecular weight excluding hydrogens is 397 g/mol. The highest BCUT2D eigenvalue weighted by atomic mass is 35.5. The largest absolute Gasteiger partial charge is 0.345 e. The predicted molar refractivity (Wildman–Crippen MR) is 114 cm³/mol. The highest BCUT2D eigenvalue weighted by Gasteiger charge is 2.18. The van der Waals surface area contributed by atoms with Crippen LogP contribution in [-0.2, 0) is 16.0 Å². The van der Waals surface area contributed by atoms with E-state index in [1.54, 1.807) is 25.2 Å². The van der Waals surface area contributed by atoms with Crippen LogP contribution >= 0.6 is 23.2 Å². The molecule has 0 heterocycles. The van der Waals surface area contributed by atoms with Crippen LogP contribution in [0.25, 0.3) is 0 Å². The Morgan fingerprint density at radius 1 is 1.00 bits per heavy atom. The van der Waals surface area contributed by atoms with Gasteiger partial charge >= 0.3 is 0 Å². The Hall–Kier alpha value is -2.08.